The van der Waals surface area contributed by atoms with Gasteiger partial charge in [0, 0.05) is 11.8 Å². The zero-order chi connectivity index (χ0) is 14.3. The topological polar surface area (TPSA) is 53.4 Å². The molecule has 1 aliphatic rings. The number of alkyl halides is 1. The van der Waals surface area contributed by atoms with Crippen molar-refractivity contribution in [3.05, 3.63) is 29.5 Å². The number of aliphatic hydroxyl groups excluding tert-OH is 1. The second kappa shape index (κ2) is 5.10. The number of carbonyl (C=O) groups is 1. The van der Waals surface area contributed by atoms with Crippen molar-refractivity contribution in [2.24, 2.45) is 0 Å². The normalized spacial score (nSPS) is 22.6. The Morgan fingerprint density at radius 3 is 3.15 bits per heavy atom. The minimum atomic E-state index is -1.07. The molecule has 1 N–H and O–H groups in total. The summed E-state index contributed by atoms with van der Waals surface area (Å²) in [6, 6.07) is 5.38. The van der Waals surface area contributed by atoms with E-state index in [1.165, 1.54) is 16.4 Å². The fourth-order valence-electron chi connectivity index (χ4n) is 2.62. The predicted octanol–water partition coefficient (Wildman–Crippen LogP) is 2.15. The number of aromatic nitrogens is 1. The molecule has 1 amide bonds. The van der Waals surface area contributed by atoms with Crippen LogP contribution in [-0.2, 0) is 0 Å². The van der Waals surface area contributed by atoms with E-state index in [4.69, 9.17) is 0 Å². The van der Waals surface area contributed by atoms with E-state index in [2.05, 4.69) is 4.37 Å². The first-order valence-corrected chi connectivity index (χ1v) is 7.29. The summed E-state index contributed by atoms with van der Waals surface area (Å²) in [4.78, 5) is 13.9. The van der Waals surface area contributed by atoms with E-state index >= 15 is 0 Å². The largest absolute Gasteiger partial charge is 0.394 e. The van der Waals surface area contributed by atoms with Gasteiger partial charge in [-0.2, -0.15) is 4.37 Å². The van der Waals surface area contributed by atoms with Gasteiger partial charge in [0.05, 0.1) is 23.9 Å². The molecule has 4 nitrogen and oxygen atoms in total. The molecule has 3 rings (SSSR count). The third-order valence-electron chi connectivity index (χ3n) is 3.66. The number of hydrogen-bond acceptors (Lipinski definition) is 4. The minimum absolute atomic E-state index is 0.0366. The summed E-state index contributed by atoms with van der Waals surface area (Å²) < 4.78 is 18.6. The molecule has 2 atom stereocenters. The summed E-state index contributed by atoms with van der Waals surface area (Å²) in [5.41, 5.74) is 1.41. The number of hydrogen-bond donors (Lipinski definition) is 1. The van der Waals surface area contributed by atoms with E-state index in [-0.39, 0.29) is 25.5 Å². The number of carbonyl (C=O) groups excluding carboxylic acids is 1. The molecule has 0 radical (unpaired) electrons. The fraction of sp³-hybridized carbons (Fsp3) is 0.429. The average Bonchev–Trinajstić information content (AvgIpc) is 3.00. The standard InChI is InChI=1S/C14H15FN2O2S/c1-8-2-3-12-11(4-8)13(16-20-12)14(19)17-6-9(15)5-10(17)7-18/h2-4,9-10,18H,5-7H2,1H3. The van der Waals surface area contributed by atoms with Gasteiger partial charge in [0.15, 0.2) is 0 Å². The zero-order valence-electron chi connectivity index (χ0n) is 11.0. The van der Waals surface area contributed by atoms with Crippen LogP contribution in [-0.4, -0.2) is 45.7 Å². The molecule has 0 saturated carbocycles. The van der Waals surface area contributed by atoms with Crippen molar-refractivity contribution < 1.29 is 14.3 Å². The van der Waals surface area contributed by atoms with Crippen molar-refractivity contribution in [1.82, 2.24) is 9.27 Å². The summed E-state index contributed by atoms with van der Waals surface area (Å²) in [7, 11) is 0. The lowest BCUT2D eigenvalue weighted by Crippen LogP contribution is -2.38. The second-order valence-corrected chi connectivity index (χ2v) is 5.96. The van der Waals surface area contributed by atoms with Crippen LogP contribution in [0.5, 0.6) is 0 Å². The Labute approximate surface area is 120 Å². The van der Waals surface area contributed by atoms with E-state index in [9.17, 15) is 14.3 Å². The number of halogens is 1. The number of benzene rings is 1. The van der Waals surface area contributed by atoms with Crippen LogP contribution in [0.25, 0.3) is 10.1 Å². The Bertz CT molecular complexity index is 658. The number of aryl methyl sites for hydroxylation is 1. The summed E-state index contributed by atoms with van der Waals surface area (Å²) >= 11 is 1.27. The average molecular weight is 294 g/mol. The van der Waals surface area contributed by atoms with E-state index in [0.29, 0.717) is 5.69 Å². The van der Waals surface area contributed by atoms with Crippen molar-refractivity contribution in [2.45, 2.75) is 25.6 Å². The molecule has 2 heterocycles. The van der Waals surface area contributed by atoms with Crippen molar-refractivity contribution >= 4 is 27.5 Å². The Morgan fingerprint density at radius 2 is 2.40 bits per heavy atom. The molecule has 1 saturated heterocycles. The molecule has 106 valence electrons. The summed E-state index contributed by atoms with van der Waals surface area (Å²) in [6.45, 7) is 1.78. The summed E-state index contributed by atoms with van der Waals surface area (Å²) in [6.07, 6.45) is -0.869. The van der Waals surface area contributed by atoms with Gasteiger partial charge in [-0.3, -0.25) is 4.79 Å². The molecule has 0 spiro atoms. The van der Waals surface area contributed by atoms with Gasteiger partial charge in [0.25, 0.3) is 5.91 Å². The SMILES string of the molecule is Cc1ccc2snc(C(=O)N3CC(F)CC3CO)c2c1. The Morgan fingerprint density at radius 1 is 1.60 bits per heavy atom. The van der Waals surface area contributed by atoms with Crippen LogP contribution in [0.2, 0.25) is 0 Å². The molecular formula is C14H15FN2O2S. The number of aliphatic hydroxyl groups is 1. The van der Waals surface area contributed by atoms with Gasteiger partial charge in [-0.25, -0.2) is 4.39 Å². The van der Waals surface area contributed by atoms with Gasteiger partial charge in [0.1, 0.15) is 11.9 Å². The molecule has 1 aromatic heterocycles. The quantitative estimate of drug-likeness (QED) is 0.923. The van der Waals surface area contributed by atoms with Crippen LogP contribution in [0.1, 0.15) is 22.5 Å². The molecule has 20 heavy (non-hydrogen) atoms. The van der Waals surface area contributed by atoms with Crippen molar-refractivity contribution in [2.75, 3.05) is 13.2 Å². The molecule has 2 aromatic rings. The fourth-order valence-corrected chi connectivity index (χ4v) is 3.37. The number of nitrogens with zero attached hydrogens (tertiary/aromatic N) is 2. The van der Waals surface area contributed by atoms with E-state index in [1.54, 1.807) is 0 Å². The highest BCUT2D eigenvalue weighted by Crippen LogP contribution is 2.28. The minimum Gasteiger partial charge on any atom is -0.394 e. The van der Waals surface area contributed by atoms with E-state index in [0.717, 1.165) is 15.6 Å². The predicted molar refractivity (Wildman–Crippen MR) is 75.8 cm³/mol. The van der Waals surface area contributed by atoms with Crippen LogP contribution in [0.4, 0.5) is 4.39 Å². The van der Waals surface area contributed by atoms with Gasteiger partial charge in [0.2, 0.25) is 0 Å². The second-order valence-electron chi connectivity index (χ2n) is 5.16. The van der Waals surface area contributed by atoms with Gasteiger partial charge < -0.3 is 10.0 Å². The third-order valence-corrected chi connectivity index (χ3v) is 4.49. The molecule has 2 unspecified atom stereocenters. The Hall–Kier alpha value is -1.53. The molecule has 0 bridgehead atoms. The molecule has 1 aliphatic heterocycles. The van der Waals surface area contributed by atoms with Crippen LogP contribution in [0.15, 0.2) is 18.2 Å². The highest BCUT2D eigenvalue weighted by Gasteiger charge is 2.36. The monoisotopic (exact) mass is 294 g/mol. The number of likely N-dealkylation sites (tertiary alicyclic amines) is 1. The van der Waals surface area contributed by atoms with E-state index in [1.807, 2.05) is 25.1 Å². The Kier molecular flexibility index (Phi) is 3.43. The van der Waals surface area contributed by atoms with Crippen molar-refractivity contribution in [3.8, 4) is 0 Å². The molecular weight excluding hydrogens is 279 g/mol. The maximum absolute atomic E-state index is 13.5. The first-order chi connectivity index (χ1) is 9.60. The van der Waals surface area contributed by atoms with E-state index < -0.39 is 12.2 Å². The highest BCUT2D eigenvalue weighted by molar-refractivity contribution is 7.13. The Balaban J connectivity index is 1.98. The van der Waals surface area contributed by atoms with Crippen molar-refractivity contribution in [1.29, 1.82) is 0 Å². The van der Waals surface area contributed by atoms with Crippen LogP contribution < -0.4 is 0 Å². The van der Waals surface area contributed by atoms with Crippen LogP contribution >= 0.6 is 11.5 Å². The van der Waals surface area contributed by atoms with Gasteiger partial charge in [-0.15, -0.1) is 0 Å². The molecule has 0 aliphatic carbocycles. The number of fused-ring (bicyclic) bond motifs is 1. The smallest absolute Gasteiger partial charge is 0.274 e. The van der Waals surface area contributed by atoms with Crippen LogP contribution in [0.3, 0.4) is 0 Å². The summed E-state index contributed by atoms with van der Waals surface area (Å²) in [5.74, 6) is -0.291. The zero-order valence-corrected chi connectivity index (χ0v) is 11.9. The summed E-state index contributed by atoms with van der Waals surface area (Å²) in [5, 5.41) is 10.1. The lowest BCUT2D eigenvalue weighted by Gasteiger charge is -2.21. The lowest BCUT2D eigenvalue weighted by molar-refractivity contribution is 0.0670. The maximum Gasteiger partial charge on any atom is 0.274 e. The molecule has 1 fully saturated rings. The highest BCUT2D eigenvalue weighted by atomic mass is 32.1. The number of rotatable bonds is 2. The van der Waals surface area contributed by atoms with Gasteiger partial charge in [-0.05, 0) is 30.6 Å². The first kappa shape index (κ1) is 13.5. The molecule has 6 heteroatoms. The van der Waals surface area contributed by atoms with Crippen molar-refractivity contribution in [3.63, 3.8) is 0 Å². The lowest BCUT2D eigenvalue weighted by atomic mass is 10.1. The third kappa shape index (κ3) is 2.19. The van der Waals surface area contributed by atoms with Gasteiger partial charge >= 0.3 is 0 Å². The number of amides is 1. The molecule has 1 aromatic carbocycles. The maximum atomic E-state index is 13.5. The van der Waals surface area contributed by atoms with Gasteiger partial charge in [-0.1, -0.05) is 11.6 Å². The van der Waals surface area contributed by atoms with Crippen LogP contribution in [0, 0.1) is 6.92 Å². The first-order valence-electron chi connectivity index (χ1n) is 6.52.